The van der Waals surface area contributed by atoms with Crippen molar-refractivity contribution in [1.29, 1.82) is 0 Å². The number of imidazole rings is 1. The summed E-state index contributed by atoms with van der Waals surface area (Å²) in [5.74, 6) is 0.332. The number of aryl methyl sites for hydroxylation is 1. The molecule has 2 aromatic carbocycles. The third kappa shape index (κ3) is 6.10. The lowest BCUT2D eigenvalue weighted by molar-refractivity contribution is -0.274. The van der Waals surface area contributed by atoms with Gasteiger partial charge in [0, 0.05) is 37.1 Å². The number of hydrogen-bond acceptors (Lipinski definition) is 7. The van der Waals surface area contributed by atoms with Crippen molar-refractivity contribution in [3.63, 3.8) is 0 Å². The molecule has 2 N–H and O–H groups in total. The van der Waals surface area contributed by atoms with Gasteiger partial charge in [-0.1, -0.05) is 12.1 Å². The molecule has 0 saturated carbocycles. The summed E-state index contributed by atoms with van der Waals surface area (Å²) in [7, 11) is 1.76. The minimum absolute atomic E-state index is 0.0960. The average Bonchev–Trinajstić information content (AvgIpc) is 3.13. The summed E-state index contributed by atoms with van der Waals surface area (Å²) in [5, 5.41) is 2.99. The Kier molecular flexibility index (Phi) is 7.06. The largest absolute Gasteiger partial charge is 0.573 e. The molecular formula is C24H20F3N5O4. The Hall–Kier alpha value is -4.58. The minimum Gasteiger partial charge on any atom is -0.457 e. The maximum absolute atomic E-state index is 12.5. The Balaban J connectivity index is 1.51. The van der Waals surface area contributed by atoms with Crippen LogP contribution >= 0.6 is 0 Å². The van der Waals surface area contributed by atoms with Crippen LogP contribution in [0.4, 0.5) is 24.8 Å². The Bertz CT molecular complexity index is 1400. The molecule has 0 fully saturated rings. The van der Waals surface area contributed by atoms with Gasteiger partial charge in [-0.3, -0.25) is 14.6 Å². The van der Waals surface area contributed by atoms with Gasteiger partial charge in [-0.2, -0.15) is 0 Å². The zero-order valence-corrected chi connectivity index (χ0v) is 18.9. The lowest BCUT2D eigenvalue weighted by Gasteiger charge is -2.11. The highest BCUT2D eigenvalue weighted by Crippen LogP contribution is 2.30. The number of hydrogen-bond donors (Lipinski definition) is 2. The second-order valence-corrected chi connectivity index (χ2v) is 7.36. The first-order valence-electron chi connectivity index (χ1n) is 10.5. The number of benzene rings is 2. The van der Waals surface area contributed by atoms with Gasteiger partial charge in [0.25, 0.3) is 5.91 Å². The van der Waals surface area contributed by atoms with Gasteiger partial charge in [0.2, 0.25) is 5.95 Å². The van der Waals surface area contributed by atoms with E-state index in [-0.39, 0.29) is 18.1 Å². The van der Waals surface area contributed by atoms with Crippen molar-refractivity contribution in [1.82, 2.24) is 20.0 Å². The molecule has 4 aromatic rings. The van der Waals surface area contributed by atoms with E-state index < -0.39 is 12.3 Å². The van der Waals surface area contributed by atoms with E-state index in [1.54, 1.807) is 41.9 Å². The van der Waals surface area contributed by atoms with Crippen LogP contribution in [0.5, 0.6) is 17.2 Å². The second-order valence-electron chi connectivity index (χ2n) is 7.36. The molecule has 0 radical (unpaired) electrons. The van der Waals surface area contributed by atoms with Crippen LogP contribution in [0.15, 0.2) is 73.4 Å². The molecule has 0 bridgehead atoms. The predicted octanol–water partition coefficient (Wildman–Crippen LogP) is 5.25. The molecule has 2 heterocycles. The molecule has 0 aliphatic carbocycles. The summed E-state index contributed by atoms with van der Waals surface area (Å²) in [5.41, 5.74) is 4.04. The highest BCUT2D eigenvalue weighted by atomic mass is 19.4. The van der Waals surface area contributed by atoms with Crippen LogP contribution in [0, 0.1) is 0 Å². The number of amides is 1. The number of nitrogens with one attached hydrogen (secondary N) is 2. The summed E-state index contributed by atoms with van der Waals surface area (Å²) in [6.45, 7) is 3.64. The van der Waals surface area contributed by atoms with Crippen molar-refractivity contribution < 1.29 is 32.3 Å². The third-order valence-electron chi connectivity index (χ3n) is 4.74. The maximum Gasteiger partial charge on any atom is 0.573 e. The number of nitrogens with zero attached hydrogens (tertiary/aromatic N) is 3. The number of aromatic nitrogens is 3. The highest BCUT2D eigenvalue weighted by Gasteiger charge is 2.31. The molecule has 0 spiro atoms. The van der Waals surface area contributed by atoms with Crippen LogP contribution in [0.2, 0.25) is 0 Å². The number of pyridine rings is 1. The average molecular weight is 499 g/mol. The van der Waals surface area contributed by atoms with Crippen molar-refractivity contribution in [3.8, 4) is 17.2 Å². The van der Waals surface area contributed by atoms with Gasteiger partial charge in [0.1, 0.15) is 22.9 Å². The summed E-state index contributed by atoms with van der Waals surface area (Å²) in [4.78, 5) is 25.5. The van der Waals surface area contributed by atoms with Gasteiger partial charge in [0.15, 0.2) is 0 Å². The van der Waals surface area contributed by atoms with Crippen LogP contribution in [-0.4, -0.2) is 33.4 Å². The Morgan fingerprint density at radius 2 is 1.92 bits per heavy atom. The van der Waals surface area contributed by atoms with E-state index in [4.69, 9.17) is 9.57 Å². The highest BCUT2D eigenvalue weighted by molar-refractivity contribution is 5.91. The fraction of sp³-hybridized carbons (Fsp3) is 0.125. The molecule has 9 nitrogen and oxygen atoms in total. The lowest BCUT2D eigenvalue weighted by atomic mass is 10.3. The van der Waals surface area contributed by atoms with Crippen LogP contribution in [0.25, 0.3) is 11.0 Å². The standard InChI is InChI=1S/C24H20F3N5O4/c1-3-11-34-31-22(33)20-14-17(9-10-28-20)35-16-7-8-21-19(13-16)30-23(32(21)2)29-15-5-4-6-18(12-15)36-24(25,26)27/h3-10,12-14H,1,11H2,2H3,(H,29,30)(H,31,33). The summed E-state index contributed by atoms with van der Waals surface area (Å²) in [6.07, 6.45) is -1.87. The Labute approximate surface area is 203 Å². The number of anilines is 2. The molecule has 2 aromatic heterocycles. The first-order chi connectivity index (χ1) is 17.2. The van der Waals surface area contributed by atoms with Gasteiger partial charge in [0.05, 0.1) is 17.6 Å². The van der Waals surface area contributed by atoms with E-state index in [0.29, 0.717) is 28.7 Å². The Morgan fingerprint density at radius 1 is 1.11 bits per heavy atom. The van der Waals surface area contributed by atoms with E-state index in [9.17, 15) is 18.0 Å². The van der Waals surface area contributed by atoms with Gasteiger partial charge < -0.3 is 19.4 Å². The lowest BCUT2D eigenvalue weighted by Crippen LogP contribution is -2.24. The van der Waals surface area contributed by atoms with Crippen LogP contribution < -0.4 is 20.3 Å². The number of carbonyl (C=O) groups excluding carboxylic acids is 1. The molecule has 4 rings (SSSR count). The van der Waals surface area contributed by atoms with Gasteiger partial charge in [-0.05, 0) is 30.3 Å². The normalized spacial score (nSPS) is 11.2. The zero-order valence-electron chi connectivity index (χ0n) is 18.9. The topological polar surface area (TPSA) is 99.5 Å². The van der Waals surface area contributed by atoms with Crippen molar-refractivity contribution in [2.45, 2.75) is 6.36 Å². The maximum atomic E-state index is 12.5. The quantitative estimate of drug-likeness (QED) is 0.184. The number of hydroxylamine groups is 1. The molecular weight excluding hydrogens is 479 g/mol. The number of ether oxygens (including phenoxy) is 2. The van der Waals surface area contributed by atoms with Gasteiger partial charge in [-0.25, -0.2) is 10.5 Å². The van der Waals surface area contributed by atoms with E-state index in [0.717, 1.165) is 5.52 Å². The molecule has 186 valence electrons. The molecule has 0 aliphatic rings. The molecule has 36 heavy (non-hydrogen) atoms. The predicted molar refractivity (Wildman–Crippen MR) is 125 cm³/mol. The molecule has 0 unspecified atom stereocenters. The van der Waals surface area contributed by atoms with E-state index in [1.165, 1.54) is 36.5 Å². The summed E-state index contributed by atoms with van der Waals surface area (Å²) in [6, 6.07) is 13.7. The van der Waals surface area contributed by atoms with Crippen LogP contribution in [0.1, 0.15) is 10.5 Å². The van der Waals surface area contributed by atoms with Gasteiger partial charge >= 0.3 is 6.36 Å². The second kappa shape index (κ2) is 10.4. The van der Waals surface area contributed by atoms with Crippen molar-refractivity contribution in [2.75, 3.05) is 11.9 Å². The van der Waals surface area contributed by atoms with E-state index >= 15 is 0 Å². The van der Waals surface area contributed by atoms with Crippen molar-refractivity contribution in [2.24, 2.45) is 7.05 Å². The monoisotopic (exact) mass is 499 g/mol. The molecule has 12 heteroatoms. The third-order valence-corrected chi connectivity index (χ3v) is 4.74. The smallest absolute Gasteiger partial charge is 0.457 e. The van der Waals surface area contributed by atoms with E-state index in [2.05, 4.69) is 32.1 Å². The number of fused-ring (bicyclic) bond motifs is 1. The fourth-order valence-electron chi connectivity index (χ4n) is 3.21. The van der Waals surface area contributed by atoms with Gasteiger partial charge in [-0.15, -0.1) is 19.8 Å². The molecule has 0 saturated heterocycles. The fourth-order valence-corrected chi connectivity index (χ4v) is 3.21. The molecule has 0 aliphatic heterocycles. The summed E-state index contributed by atoms with van der Waals surface area (Å²) < 4.78 is 49.1. The SMILES string of the molecule is C=CCONC(=O)c1cc(Oc2ccc3c(c2)nc(Nc2cccc(OC(F)(F)F)c2)n3C)ccn1. The number of halogens is 3. The number of alkyl halides is 3. The molecule has 0 atom stereocenters. The van der Waals surface area contributed by atoms with Crippen molar-refractivity contribution >= 4 is 28.6 Å². The number of rotatable bonds is 9. The van der Waals surface area contributed by atoms with Crippen LogP contribution in [-0.2, 0) is 11.9 Å². The van der Waals surface area contributed by atoms with Crippen LogP contribution in [0.3, 0.4) is 0 Å². The Morgan fingerprint density at radius 3 is 2.69 bits per heavy atom. The number of carbonyl (C=O) groups is 1. The first kappa shape index (κ1) is 24.5. The first-order valence-corrected chi connectivity index (χ1v) is 10.5. The minimum atomic E-state index is -4.79. The molecule has 1 amide bonds. The van der Waals surface area contributed by atoms with Crippen molar-refractivity contribution in [3.05, 3.63) is 79.1 Å². The van der Waals surface area contributed by atoms with E-state index in [1.807, 2.05) is 0 Å². The zero-order chi connectivity index (χ0) is 25.7. The summed E-state index contributed by atoms with van der Waals surface area (Å²) >= 11 is 0.